The minimum atomic E-state index is -0.258. The molecule has 1 aliphatic rings. The molecule has 0 atom stereocenters. The number of rotatable bonds is 4. The average molecular weight is 361 g/mol. The molecule has 3 N–H and O–H groups in total. The fourth-order valence-corrected chi connectivity index (χ4v) is 2.52. The Kier molecular flexibility index (Phi) is 4.70. The third-order valence-corrected chi connectivity index (χ3v) is 3.76. The first-order valence-corrected chi connectivity index (χ1v) is 6.95. The van der Waals surface area contributed by atoms with Crippen LogP contribution in [0.1, 0.15) is 12.8 Å². The normalized spacial score (nSPS) is 17.6. The summed E-state index contributed by atoms with van der Waals surface area (Å²) in [4.78, 5) is 21.1. The van der Waals surface area contributed by atoms with Crippen molar-refractivity contribution in [2.45, 2.75) is 18.9 Å². The Morgan fingerprint density at radius 1 is 1.56 bits per heavy atom. The Balaban J connectivity index is 1.84. The van der Waals surface area contributed by atoms with Gasteiger partial charge >= 0.3 is 0 Å². The van der Waals surface area contributed by atoms with Gasteiger partial charge in [0.15, 0.2) is 0 Å². The van der Waals surface area contributed by atoms with Crippen molar-refractivity contribution in [1.29, 1.82) is 0 Å². The number of carbonyl (C=O) groups excluding carboxylic acids is 1. The zero-order valence-corrected chi connectivity index (χ0v) is 12.1. The van der Waals surface area contributed by atoms with Gasteiger partial charge in [-0.2, -0.15) is 0 Å². The summed E-state index contributed by atoms with van der Waals surface area (Å²) >= 11 is 2.22. The third-order valence-electron chi connectivity index (χ3n) is 2.98. The van der Waals surface area contributed by atoms with E-state index in [1.54, 1.807) is 12.5 Å². The number of piperidine rings is 1. The smallest absolute Gasteiger partial charge is 0.231 e. The molecule has 7 heteroatoms. The Bertz CT molecular complexity index is 420. The van der Waals surface area contributed by atoms with Gasteiger partial charge < -0.3 is 11.1 Å². The Hall–Kier alpha value is -0.960. The number of hydrogen-bond acceptors (Lipinski definition) is 5. The molecule has 6 nitrogen and oxygen atoms in total. The van der Waals surface area contributed by atoms with Crippen LogP contribution in [-0.2, 0) is 4.79 Å². The van der Waals surface area contributed by atoms with Crippen LogP contribution in [0.3, 0.4) is 0 Å². The number of halogens is 1. The van der Waals surface area contributed by atoms with Crippen molar-refractivity contribution in [1.82, 2.24) is 14.9 Å². The molecule has 1 aromatic rings. The molecule has 2 rings (SSSR count). The molecule has 1 fully saturated rings. The van der Waals surface area contributed by atoms with Gasteiger partial charge in [-0.05, 0) is 35.4 Å². The van der Waals surface area contributed by atoms with E-state index in [0.717, 1.165) is 35.3 Å². The van der Waals surface area contributed by atoms with Gasteiger partial charge in [-0.15, -0.1) is 0 Å². The van der Waals surface area contributed by atoms with Crippen LogP contribution in [0.25, 0.3) is 0 Å². The van der Waals surface area contributed by atoms with Crippen molar-refractivity contribution >= 4 is 34.3 Å². The molecule has 1 aliphatic heterocycles. The van der Waals surface area contributed by atoms with E-state index < -0.39 is 0 Å². The summed E-state index contributed by atoms with van der Waals surface area (Å²) in [5, 5.41) is 3.42. The Morgan fingerprint density at radius 3 is 2.89 bits per heavy atom. The van der Waals surface area contributed by atoms with E-state index in [9.17, 15) is 4.79 Å². The molecule has 2 heterocycles. The van der Waals surface area contributed by atoms with Gasteiger partial charge in [-0.25, -0.2) is 9.97 Å². The van der Waals surface area contributed by atoms with Crippen molar-refractivity contribution in [2.75, 3.05) is 25.0 Å². The van der Waals surface area contributed by atoms with Crippen LogP contribution in [0.15, 0.2) is 12.5 Å². The lowest BCUT2D eigenvalue weighted by Gasteiger charge is -2.31. The van der Waals surface area contributed by atoms with E-state index in [-0.39, 0.29) is 5.91 Å². The number of aromatic nitrogens is 2. The lowest BCUT2D eigenvalue weighted by molar-refractivity contribution is -0.119. The fourth-order valence-electron chi connectivity index (χ4n) is 2.07. The minimum Gasteiger partial charge on any atom is -0.369 e. The molecule has 0 aromatic carbocycles. The molecule has 18 heavy (non-hydrogen) atoms. The van der Waals surface area contributed by atoms with Crippen LogP contribution in [-0.4, -0.2) is 46.5 Å². The number of amides is 1. The molecular weight excluding hydrogens is 345 g/mol. The molecule has 0 aliphatic carbocycles. The second-order valence-electron chi connectivity index (χ2n) is 4.38. The molecule has 0 spiro atoms. The summed E-state index contributed by atoms with van der Waals surface area (Å²) in [6.45, 7) is 2.14. The van der Waals surface area contributed by atoms with Gasteiger partial charge in [0.1, 0.15) is 12.1 Å². The third kappa shape index (κ3) is 3.77. The highest BCUT2D eigenvalue weighted by atomic mass is 127. The predicted molar refractivity (Wildman–Crippen MR) is 77.0 cm³/mol. The molecule has 1 amide bonds. The topological polar surface area (TPSA) is 84.1 Å². The van der Waals surface area contributed by atoms with E-state index in [2.05, 4.69) is 42.8 Å². The summed E-state index contributed by atoms with van der Waals surface area (Å²) in [6.07, 6.45) is 5.32. The first kappa shape index (κ1) is 13.5. The van der Waals surface area contributed by atoms with Crippen molar-refractivity contribution in [3.8, 4) is 0 Å². The maximum Gasteiger partial charge on any atom is 0.231 e. The summed E-state index contributed by atoms with van der Waals surface area (Å²) in [5.74, 6) is 0.630. The number of nitrogens with one attached hydrogen (secondary N) is 1. The summed E-state index contributed by atoms with van der Waals surface area (Å²) in [7, 11) is 0. The number of primary amides is 1. The quantitative estimate of drug-likeness (QED) is 0.761. The predicted octanol–water partition coefficient (Wildman–Crippen LogP) is 0.443. The van der Waals surface area contributed by atoms with Gasteiger partial charge in [-0.3, -0.25) is 9.69 Å². The van der Waals surface area contributed by atoms with Crippen LogP contribution in [0, 0.1) is 3.57 Å². The number of nitrogens with two attached hydrogens (primary N) is 1. The number of nitrogens with zero attached hydrogens (tertiary/aromatic N) is 3. The lowest BCUT2D eigenvalue weighted by Crippen LogP contribution is -2.43. The monoisotopic (exact) mass is 361 g/mol. The SMILES string of the molecule is NC(=O)CN1CCC(Nc2ncncc2I)CC1. The lowest BCUT2D eigenvalue weighted by atomic mass is 10.1. The van der Waals surface area contributed by atoms with E-state index >= 15 is 0 Å². The maximum absolute atomic E-state index is 10.8. The molecule has 98 valence electrons. The molecule has 0 radical (unpaired) electrons. The number of anilines is 1. The fraction of sp³-hybridized carbons (Fsp3) is 0.545. The first-order valence-electron chi connectivity index (χ1n) is 5.88. The Morgan fingerprint density at radius 2 is 2.28 bits per heavy atom. The van der Waals surface area contributed by atoms with Gasteiger partial charge in [0.25, 0.3) is 0 Å². The summed E-state index contributed by atoms with van der Waals surface area (Å²) in [6, 6.07) is 0.401. The van der Waals surface area contributed by atoms with E-state index in [1.807, 2.05) is 0 Å². The van der Waals surface area contributed by atoms with E-state index in [4.69, 9.17) is 5.73 Å². The maximum atomic E-state index is 10.8. The Labute approximate surface area is 119 Å². The molecule has 0 unspecified atom stereocenters. The van der Waals surface area contributed by atoms with Gasteiger partial charge in [0.2, 0.25) is 5.91 Å². The van der Waals surface area contributed by atoms with Gasteiger partial charge in [-0.1, -0.05) is 0 Å². The highest BCUT2D eigenvalue weighted by molar-refractivity contribution is 14.1. The van der Waals surface area contributed by atoms with Crippen LogP contribution in [0.4, 0.5) is 5.82 Å². The molecule has 0 bridgehead atoms. The zero-order chi connectivity index (χ0) is 13.0. The standard InChI is InChI=1S/C11H16IN5O/c12-9-5-14-7-15-11(9)16-8-1-3-17(4-2-8)6-10(13)18/h5,7-8H,1-4,6H2,(H2,13,18)(H,14,15,16). The number of likely N-dealkylation sites (tertiary alicyclic amines) is 1. The van der Waals surface area contributed by atoms with Crippen LogP contribution < -0.4 is 11.1 Å². The van der Waals surface area contributed by atoms with Gasteiger partial charge in [0.05, 0.1) is 10.1 Å². The average Bonchev–Trinajstić information content (AvgIpc) is 2.34. The summed E-state index contributed by atoms with van der Waals surface area (Å²) < 4.78 is 1.02. The second kappa shape index (κ2) is 6.28. The highest BCUT2D eigenvalue weighted by Crippen LogP contribution is 2.18. The van der Waals surface area contributed by atoms with E-state index in [0.29, 0.717) is 12.6 Å². The van der Waals surface area contributed by atoms with E-state index in [1.165, 1.54) is 0 Å². The van der Waals surface area contributed by atoms with Crippen LogP contribution >= 0.6 is 22.6 Å². The summed E-state index contributed by atoms with van der Waals surface area (Å²) in [5.41, 5.74) is 5.19. The molecule has 0 saturated carbocycles. The minimum absolute atomic E-state index is 0.258. The second-order valence-corrected chi connectivity index (χ2v) is 5.54. The van der Waals surface area contributed by atoms with Crippen molar-refractivity contribution in [3.05, 3.63) is 16.1 Å². The molecular formula is C11H16IN5O. The number of carbonyl (C=O) groups is 1. The van der Waals surface area contributed by atoms with Crippen LogP contribution in [0.2, 0.25) is 0 Å². The highest BCUT2D eigenvalue weighted by Gasteiger charge is 2.20. The first-order chi connectivity index (χ1) is 8.65. The van der Waals surface area contributed by atoms with Crippen molar-refractivity contribution in [2.24, 2.45) is 5.73 Å². The number of hydrogen-bond donors (Lipinski definition) is 2. The largest absolute Gasteiger partial charge is 0.369 e. The van der Waals surface area contributed by atoms with Gasteiger partial charge in [0, 0.05) is 25.3 Å². The van der Waals surface area contributed by atoms with Crippen molar-refractivity contribution in [3.63, 3.8) is 0 Å². The zero-order valence-electron chi connectivity index (χ0n) is 9.97. The van der Waals surface area contributed by atoms with Crippen LogP contribution in [0.5, 0.6) is 0 Å². The van der Waals surface area contributed by atoms with Crippen molar-refractivity contribution < 1.29 is 4.79 Å². The molecule has 1 saturated heterocycles. The molecule has 1 aromatic heterocycles.